The van der Waals surface area contributed by atoms with Gasteiger partial charge in [-0.2, -0.15) is 8.42 Å². The fourth-order valence-corrected chi connectivity index (χ4v) is 8.35. The maximum absolute atomic E-state index is 11.0. The number of unbranched alkanes of at least 4 members (excludes halogenated alkanes) is 18. The molecule has 0 spiro atoms. The molecule has 342 valence electrons. The SMILES string of the molecule is CCCCC/C=C\C/C=C\CCCCCCCCN(CCCCCCCC/C=C\C/C=C\CCCCC)c1ccc2cc(/C=C/c3cc[n+](CCCS(=O)(=O)O)cc3)ccc2c1. The molecule has 5 nitrogen and oxygen atoms in total. The Bertz CT molecular complexity index is 1790. The molecule has 0 fully saturated rings. The zero-order chi connectivity index (χ0) is 44.2. The third kappa shape index (κ3) is 26.7. The predicted molar refractivity (Wildman–Crippen MR) is 271 cm³/mol. The molecule has 62 heavy (non-hydrogen) atoms. The summed E-state index contributed by atoms with van der Waals surface area (Å²) in [5, 5.41) is 2.53. The van der Waals surface area contributed by atoms with Crippen LogP contribution in [-0.4, -0.2) is 31.8 Å². The number of rotatable bonds is 37. The predicted octanol–water partition coefficient (Wildman–Crippen LogP) is 16.0. The van der Waals surface area contributed by atoms with E-state index in [2.05, 4.69) is 116 Å². The van der Waals surface area contributed by atoms with Crippen LogP contribution >= 0.6 is 0 Å². The van der Waals surface area contributed by atoms with Crippen LogP contribution in [0.2, 0.25) is 0 Å². The van der Waals surface area contributed by atoms with Crippen LogP contribution in [0, 0.1) is 0 Å². The molecular weight excluding hydrogens is 781 g/mol. The minimum Gasteiger partial charge on any atom is -0.372 e. The minimum atomic E-state index is -3.92. The van der Waals surface area contributed by atoms with Gasteiger partial charge in [0, 0.05) is 37.3 Å². The number of allylic oxidation sites excluding steroid dienone is 8. The molecule has 0 unspecified atom stereocenters. The highest BCUT2D eigenvalue weighted by Gasteiger charge is 2.09. The van der Waals surface area contributed by atoms with Gasteiger partial charge in [0.1, 0.15) is 6.54 Å². The summed E-state index contributed by atoms with van der Waals surface area (Å²) in [4.78, 5) is 2.66. The van der Waals surface area contributed by atoms with Gasteiger partial charge in [0.2, 0.25) is 0 Å². The van der Waals surface area contributed by atoms with Crippen molar-refractivity contribution in [3.8, 4) is 0 Å². The average molecular weight is 866 g/mol. The summed E-state index contributed by atoms with van der Waals surface area (Å²) in [7, 11) is -3.92. The van der Waals surface area contributed by atoms with E-state index < -0.39 is 10.1 Å². The van der Waals surface area contributed by atoms with Crippen molar-refractivity contribution in [3.05, 3.63) is 121 Å². The first-order valence-electron chi connectivity index (χ1n) is 24.9. The molecule has 0 aliphatic heterocycles. The van der Waals surface area contributed by atoms with Crippen molar-refractivity contribution in [2.24, 2.45) is 0 Å². The van der Waals surface area contributed by atoms with Crippen molar-refractivity contribution >= 4 is 38.7 Å². The van der Waals surface area contributed by atoms with Gasteiger partial charge in [-0.05, 0) is 117 Å². The van der Waals surface area contributed by atoms with Gasteiger partial charge < -0.3 is 4.90 Å². The van der Waals surface area contributed by atoms with Crippen molar-refractivity contribution < 1.29 is 17.5 Å². The average Bonchev–Trinajstić information content (AvgIpc) is 3.27. The summed E-state index contributed by atoms with van der Waals surface area (Å²) < 4.78 is 33.0. The van der Waals surface area contributed by atoms with E-state index in [1.54, 1.807) is 0 Å². The van der Waals surface area contributed by atoms with E-state index in [1.165, 1.54) is 158 Å². The summed E-state index contributed by atoms with van der Waals surface area (Å²) in [6.45, 7) is 7.32. The lowest BCUT2D eigenvalue weighted by Crippen LogP contribution is -2.33. The molecule has 1 N–H and O–H groups in total. The highest BCUT2D eigenvalue weighted by atomic mass is 32.2. The quantitative estimate of drug-likeness (QED) is 0.0271. The molecule has 0 amide bonds. The molecule has 0 aliphatic carbocycles. The molecule has 2 aromatic carbocycles. The Labute approximate surface area is 380 Å². The Kier molecular flexibility index (Phi) is 29.4. The van der Waals surface area contributed by atoms with Gasteiger partial charge in [-0.1, -0.05) is 170 Å². The number of fused-ring (bicyclic) bond motifs is 1. The Hall–Kier alpha value is -3.74. The molecule has 6 heteroatoms. The lowest BCUT2D eigenvalue weighted by Gasteiger charge is -2.25. The van der Waals surface area contributed by atoms with Crippen LogP contribution in [0.5, 0.6) is 0 Å². The topological polar surface area (TPSA) is 61.5 Å². The monoisotopic (exact) mass is 866 g/mol. The van der Waals surface area contributed by atoms with E-state index in [0.29, 0.717) is 13.0 Å². The van der Waals surface area contributed by atoms with Crippen LogP contribution in [-0.2, 0) is 16.7 Å². The van der Waals surface area contributed by atoms with Crippen LogP contribution in [0.1, 0.15) is 185 Å². The normalized spacial score (nSPS) is 12.5. The molecule has 0 bridgehead atoms. The van der Waals surface area contributed by atoms with Crippen LogP contribution in [0.3, 0.4) is 0 Å². The number of anilines is 1. The fraction of sp³-hybridized carbons (Fsp3) is 0.554. The van der Waals surface area contributed by atoms with Crippen molar-refractivity contribution in [1.29, 1.82) is 0 Å². The van der Waals surface area contributed by atoms with E-state index in [9.17, 15) is 8.42 Å². The highest BCUT2D eigenvalue weighted by molar-refractivity contribution is 7.85. The van der Waals surface area contributed by atoms with Crippen LogP contribution < -0.4 is 9.47 Å². The highest BCUT2D eigenvalue weighted by Crippen LogP contribution is 2.25. The van der Waals surface area contributed by atoms with Gasteiger partial charge in [0.25, 0.3) is 10.1 Å². The maximum Gasteiger partial charge on any atom is 0.265 e. The Balaban J connectivity index is 1.45. The Morgan fingerprint density at radius 1 is 0.500 bits per heavy atom. The summed E-state index contributed by atoms with van der Waals surface area (Å²) in [5.41, 5.74) is 3.59. The zero-order valence-electron chi connectivity index (χ0n) is 39.1. The van der Waals surface area contributed by atoms with Gasteiger partial charge in [-0.15, -0.1) is 0 Å². The number of aryl methyl sites for hydroxylation is 1. The first kappa shape index (κ1) is 52.6. The lowest BCUT2D eigenvalue weighted by molar-refractivity contribution is -0.696. The molecule has 0 aliphatic rings. The first-order chi connectivity index (χ1) is 30.4. The standard InChI is InChI=1S/C56H84N2O3S/c1-3-5-7-9-11-13-15-17-19-21-23-25-27-29-31-33-45-58(46-34-32-30-28-26-24-22-20-18-16-14-12-10-8-6-4-2)56-41-40-54-50-53(38-39-55(54)51-56)37-36-52-42-47-57(48-43-52)44-35-49-62(59,60)61/h11-14,17-20,36-43,47-48,50-51H,3-10,15-16,21-35,44-46,49H2,1-2H3/p+1/b13-11-,14-12-,19-17-,20-18-. The van der Waals surface area contributed by atoms with Crippen molar-refractivity contribution in [2.75, 3.05) is 23.7 Å². The number of benzene rings is 2. The van der Waals surface area contributed by atoms with Crippen molar-refractivity contribution in [1.82, 2.24) is 0 Å². The van der Waals surface area contributed by atoms with E-state index in [1.807, 2.05) is 29.1 Å². The molecule has 0 radical (unpaired) electrons. The number of hydrogen-bond donors (Lipinski definition) is 1. The minimum absolute atomic E-state index is 0.226. The number of hydrogen-bond acceptors (Lipinski definition) is 3. The van der Waals surface area contributed by atoms with Gasteiger partial charge in [0.15, 0.2) is 12.4 Å². The lowest BCUT2D eigenvalue weighted by atomic mass is 10.0. The third-order valence-electron chi connectivity index (χ3n) is 11.7. The molecule has 3 rings (SSSR count). The summed E-state index contributed by atoms with van der Waals surface area (Å²) in [6, 6.07) is 17.8. The van der Waals surface area contributed by atoms with Crippen LogP contribution in [0.4, 0.5) is 5.69 Å². The molecule has 0 saturated heterocycles. The van der Waals surface area contributed by atoms with E-state index in [0.717, 1.165) is 37.1 Å². The number of aromatic nitrogens is 1. The number of pyridine rings is 1. The molecule has 0 atom stereocenters. The van der Waals surface area contributed by atoms with Gasteiger partial charge >= 0.3 is 0 Å². The zero-order valence-corrected chi connectivity index (χ0v) is 39.9. The van der Waals surface area contributed by atoms with Crippen LogP contribution in [0.25, 0.3) is 22.9 Å². The maximum atomic E-state index is 11.0. The second-order valence-corrected chi connectivity index (χ2v) is 18.9. The summed E-state index contributed by atoms with van der Waals surface area (Å²) >= 11 is 0. The van der Waals surface area contributed by atoms with E-state index >= 15 is 0 Å². The fourth-order valence-electron chi connectivity index (χ4n) is 7.85. The number of nitrogens with zero attached hydrogens (tertiary/aromatic N) is 2. The molecule has 0 saturated carbocycles. The first-order valence-corrected chi connectivity index (χ1v) is 26.5. The second kappa shape index (κ2) is 34.7. The molecule has 3 aromatic rings. The molecular formula is C56H85N2O3S+. The van der Waals surface area contributed by atoms with Crippen molar-refractivity contribution in [2.45, 2.75) is 181 Å². The van der Waals surface area contributed by atoms with Gasteiger partial charge in [-0.25, -0.2) is 4.57 Å². The third-order valence-corrected chi connectivity index (χ3v) is 12.5. The molecule has 1 aromatic heterocycles. The second-order valence-electron chi connectivity index (χ2n) is 17.3. The van der Waals surface area contributed by atoms with Gasteiger partial charge in [0.05, 0.1) is 5.75 Å². The smallest absolute Gasteiger partial charge is 0.265 e. The molecule has 1 heterocycles. The Morgan fingerprint density at radius 2 is 0.952 bits per heavy atom. The van der Waals surface area contributed by atoms with Gasteiger partial charge in [-0.3, -0.25) is 4.55 Å². The van der Waals surface area contributed by atoms with Crippen LogP contribution in [0.15, 0.2) is 110 Å². The van der Waals surface area contributed by atoms with E-state index in [4.69, 9.17) is 4.55 Å². The summed E-state index contributed by atoms with van der Waals surface area (Å²) in [5.74, 6) is -0.226. The summed E-state index contributed by atoms with van der Waals surface area (Å²) in [6.07, 6.45) is 58.0. The largest absolute Gasteiger partial charge is 0.372 e. The van der Waals surface area contributed by atoms with E-state index in [-0.39, 0.29) is 5.75 Å². The van der Waals surface area contributed by atoms with Crippen molar-refractivity contribution in [3.63, 3.8) is 0 Å². The Morgan fingerprint density at radius 3 is 1.47 bits per heavy atom.